The van der Waals surface area contributed by atoms with Crippen molar-refractivity contribution in [3.63, 3.8) is 0 Å². The predicted molar refractivity (Wildman–Crippen MR) is 75.3 cm³/mol. The Bertz CT molecular complexity index is 358. The Balaban J connectivity index is 2.51. The Morgan fingerprint density at radius 3 is 2.89 bits per heavy atom. The van der Waals surface area contributed by atoms with E-state index in [1.165, 1.54) is 0 Å². The number of nitrogens with zero attached hydrogens (tertiary/aromatic N) is 2. The minimum Gasteiger partial charge on any atom is -0.476 e. The van der Waals surface area contributed by atoms with E-state index in [2.05, 4.69) is 22.1 Å². The van der Waals surface area contributed by atoms with Gasteiger partial charge in [0.15, 0.2) is 0 Å². The largest absolute Gasteiger partial charge is 0.476 e. The SMILES string of the molecule is CCCNCc1cc(OCCN(C)C)ncc1Cl. The van der Waals surface area contributed by atoms with Crippen LogP contribution in [0.1, 0.15) is 18.9 Å². The molecule has 1 heterocycles. The van der Waals surface area contributed by atoms with Gasteiger partial charge in [-0.3, -0.25) is 0 Å². The molecule has 0 aromatic carbocycles. The van der Waals surface area contributed by atoms with Gasteiger partial charge in [0.05, 0.1) is 5.02 Å². The van der Waals surface area contributed by atoms with Crippen molar-refractivity contribution < 1.29 is 4.74 Å². The van der Waals surface area contributed by atoms with Crippen molar-refractivity contribution in [1.29, 1.82) is 0 Å². The van der Waals surface area contributed by atoms with Crippen LogP contribution in [0.3, 0.4) is 0 Å². The van der Waals surface area contributed by atoms with Crippen LogP contribution in [0.15, 0.2) is 12.3 Å². The summed E-state index contributed by atoms with van der Waals surface area (Å²) in [5.74, 6) is 0.634. The number of hydrogen-bond acceptors (Lipinski definition) is 4. The van der Waals surface area contributed by atoms with Gasteiger partial charge < -0.3 is 15.0 Å². The average Bonchev–Trinajstić information content (AvgIpc) is 2.33. The number of rotatable bonds is 8. The van der Waals surface area contributed by atoms with Gasteiger partial charge in [-0.2, -0.15) is 0 Å². The first-order chi connectivity index (χ1) is 8.63. The van der Waals surface area contributed by atoms with Crippen molar-refractivity contribution in [2.24, 2.45) is 0 Å². The molecule has 0 saturated heterocycles. The molecule has 0 aliphatic carbocycles. The first kappa shape index (κ1) is 15.2. The molecule has 4 nitrogen and oxygen atoms in total. The number of ether oxygens (including phenoxy) is 1. The lowest BCUT2D eigenvalue weighted by Gasteiger charge is -2.12. The summed E-state index contributed by atoms with van der Waals surface area (Å²) < 4.78 is 5.58. The van der Waals surface area contributed by atoms with Gasteiger partial charge in [-0.1, -0.05) is 18.5 Å². The van der Waals surface area contributed by atoms with Crippen LogP contribution >= 0.6 is 11.6 Å². The summed E-state index contributed by atoms with van der Waals surface area (Å²) >= 11 is 6.09. The highest BCUT2D eigenvalue weighted by molar-refractivity contribution is 6.31. The molecule has 0 aliphatic heterocycles. The molecule has 0 aliphatic rings. The van der Waals surface area contributed by atoms with Gasteiger partial charge in [0.2, 0.25) is 5.88 Å². The summed E-state index contributed by atoms with van der Waals surface area (Å²) in [5, 5.41) is 4.00. The lowest BCUT2D eigenvalue weighted by atomic mass is 10.2. The second-order valence-electron chi connectivity index (χ2n) is 4.44. The Kier molecular flexibility index (Phi) is 7.01. The Morgan fingerprint density at radius 2 is 2.22 bits per heavy atom. The smallest absolute Gasteiger partial charge is 0.213 e. The van der Waals surface area contributed by atoms with Crippen LogP contribution in [0, 0.1) is 0 Å². The Morgan fingerprint density at radius 1 is 1.44 bits per heavy atom. The second kappa shape index (κ2) is 8.29. The average molecular weight is 272 g/mol. The molecule has 1 aromatic heterocycles. The molecule has 0 bridgehead atoms. The standard InChI is InChI=1S/C13H22ClN3O/c1-4-5-15-9-11-8-13(16-10-12(11)14)18-7-6-17(2)3/h8,10,15H,4-7,9H2,1-3H3. The number of aromatic nitrogens is 1. The van der Waals surface area contributed by atoms with E-state index < -0.39 is 0 Å². The van der Waals surface area contributed by atoms with Crippen molar-refractivity contribution in [2.45, 2.75) is 19.9 Å². The van der Waals surface area contributed by atoms with E-state index in [-0.39, 0.29) is 0 Å². The van der Waals surface area contributed by atoms with Crippen molar-refractivity contribution in [2.75, 3.05) is 33.8 Å². The van der Waals surface area contributed by atoms with Crippen LogP contribution in [-0.2, 0) is 6.54 Å². The first-order valence-corrected chi connectivity index (χ1v) is 6.64. The van der Waals surface area contributed by atoms with Gasteiger partial charge in [0.25, 0.3) is 0 Å². The Labute approximate surface area is 114 Å². The highest BCUT2D eigenvalue weighted by Crippen LogP contribution is 2.19. The highest BCUT2D eigenvalue weighted by Gasteiger charge is 2.04. The van der Waals surface area contributed by atoms with Crippen LogP contribution < -0.4 is 10.1 Å². The zero-order chi connectivity index (χ0) is 13.4. The number of likely N-dealkylation sites (N-methyl/N-ethyl adjacent to an activating group) is 1. The van der Waals surface area contributed by atoms with E-state index >= 15 is 0 Å². The fraction of sp³-hybridized carbons (Fsp3) is 0.615. The van der Waals surface area contributed by atoms with Crippen molar-refractivity contribution in [3.05, 3.63) is 22.8 Å². The van der Waals surface area contributed by atoms with E-state index in [0.717, 1.165) is 31.6 Å². The molecule has 102 valence electrons. The molecule has 0 atom stereocenters. The molecule has 0 amide bonds. The number of nitrogens with one attached hydrogen (secondary N) is 1. The van der Waals surface area contributed by atoms with Crippen LogP contribution in [-0.4, -0.2) is 43.7 Å². The molecule has 1 N–H and O–H groups in total. The minimum absolute atomic E-state index is 0.628. The molecule has 0 radical (unpaired) electrons. The zero-order valence-electron chi connectivity index (χ0n) is 11.4. The highest BCUT2D eigenvalue weighted by atomic mass is 35.5. The fourth-order valence-corrected chi connectivity index (χ4v) is 1.58. The number of hydrogen-bond donors (Lipinski definition) is 1. The molecule has 0 fully saturated rings. The van der Waals surface area contributed by atoms with Gasteiger partial charge in [-0.05, 0) is 32.6 Å². The van der Waals surface area contributed by atoms with E-state index in [9.17, 15) is 0 Å². The Hall–Kier alpha value is -0.840. The maximum atomic E-state index is 6.09. The maximum Gasteiger partial charge on any atom is 0.213 e. The summed E-state index contributed by atoms with van der Waals surface area (Å²) in [6.07, 6.45) is 2.75. The van der Waals surface area contributed by atoms with Gasteiger partial charge in [0, 0.05) is 25.4 Å². The summed E-state index contributed by atoms with van der Waals surface area (Å²) in [6, 6.07) is 1.90. The first-order valence-electron chi connectivity index (χ1n) is 6.26. The van der Waals surface area contributed by atoms with Crippen molar-refractivity contribution in [1.82, 2.24) is 15.2 Å². The molecule has 1 rings (SSSR count). The molecule has 1 aromatic rings. The van der Waals surface area contributed by atoms with Crippen LogP contribution in [0.2, 0.25) is 5.02 Å². The molecular weight excluding hydrogens is 250 g/mol. The van der Waals surface area contributed by atoms with Gasteiger partial charge >= 0.3 is 0 Å². The third-order valence-electron chi connectivity index (χ3n) is 2.44. The lowest BCUT2D eigenvalue weighted by molar-refractivity contribution is 0.253. The van der Waals surface area contributed by atoms with Gasteiger partial charge in [0.1, 0.15) is 6.61 Å². The molecule has 5 heteroatoms. The third kappa shape index (κ3) is 5.67. The maximum absolute atomic E-state index is 6.09. The summed E-state index contributed by atoms with van der Waals surface area (Å²) in [6.45, 7) is 5.36. The molecule has 0 spiro atoms. The topological polar surface area (TPSA) is 37.4 Å². The van der Waals surface area contributed by atoms with Crippen molar-refractivity contribution in [3.8, 4) is 5.88 Å². The molecule has 18 heavy (non-hydrogen) atoms. The predicted octanol–water partition coefficient (Wildman–Crippen LogP) is 2.17. The van der Waals surface area contributed by atoms with E-state index in [4.69, 9.17) is 16.3 Å². The minimum atomic E-state index is 0.628. The van der Waals surface area contributed by atoms with E-state index in [1.54, 1.807) is 6.20 Å². The van der Waals surface area contributed by atoms with Crippen LogP contribution in [0.25, 0.3) is 0 Å². The number of halogens is 1. The van der Waals surface area contributed by atoms with E-state index in [1.807, 2.05) is 20.2 Å². The summed E-state index contributed by atoms with van der Waals surface area (Å²) in [4.78, 5) is 6.23. The summed E-state index contributed by atoms with van der Waals surface area (Å²) in [7, 11) is 4.03. The monoisotopic (exact) mass is 271 g/mol. The molecular formula is C13H22ClN3O. The third-order valence-corrected chi connectivity index (χ3v) is 2.78. The van der Waals surface area contributed by atoms with Crippen molar-refractivity contribution >= 4 is 11.6 Å². The zero-order valence-corrected chi connectivity index (χ0v) is 12.1. The van der Waals surface area contributed by atoms with Gasteiger partial charge in [-0.25, -0.2) is 4.98 Å². The van der Waals surface area contributed by atoms with Gasteiger partial charge in [-0.15, -0.1) is 0 Å². The normalized spacial score (nSPS) is 10.9. The van der Waals surface area contributed by atoms with Crippen LogP contribution in [0.4, 0.5) is 0 Å². The fourth-order valence-electron chi connectivity index (χ4n) is 1.41. The second-order valence-corrected chi connectivity index (χ2v) is 4.85. The summed E-state index contributed by atoms with van der Waals surface area (Å²) in [5.41, 5.74) is 1.03. The molecule has 0 unspecified atom stereocenters. The van der Waals surface area contributed by atoms with E-state index in [0.29, 0.717) is 17.5 Å². The van der Waals surface area contributed by atoms with Crippen LogP contribution in [0.5, 0.6) is 5.88 Å². The quantitative estimate of drug-likeness (QED) is 0.736. The number of pyridine rings is 1. The lowest BCUT2D eigenvalue weighted by Crippen LogP contribution is -2.20. The molecule has 0 saturated carbocycles.